The Morgan fingerprint density at radius 3 is 3.09 bits per heavy atom. The maximum absolute atomic E-state index is 4.04. The predicted molar refractivity (Wildman–Crippen MR) is 41.3 cm³/mol. The van der Waals surface area contributed by atoms with E-state index in [9.17, 15) is 0 Å². The molecule has 1 aromatic rings. The van der Waals surface area contributed by atoms with Gasteiger partial charge < -0.3 is 5.32 Å². The molecule has 60 valence electrons. The fourth-order valence-corrected chi connectivity index (χ4v) is 1.27. The van der Waals surface area contributed by atoms with Crippen LogP contribution in [0.2, 0.25) is 0 Å². The summed E-state index contributed by atoms with van der Waals surface area (Å²) in [6.45, 7) is 4.20. The Morgan fingerprint density at radius 1 is 1.73 bits per heavy atom. The van der Waals surface area contributed by atoms with E-state index in [4.69, 9.17) is 0 Å². The van der Waals surface area contributed by atoms with Crippen LogP contribution in [-0.4, -0.2) is 28.1 Å². The Hall–Kier alpha value is -0.900. The van der Waals surface area contributed by atoms with E-state index < -0.39 is 0 Å². The largest absolute Gasteiger partial charge is 0.312 e. The summed E-state index contributed by atoms with van der Waals surface area (Å²) in [5, 5.41) is 11.1. The average Bonchev–Trinajstić information content (AvgIpc) is 2.32. The molecule has 0 atom stereocenters. The van der Waals surface area contributed by atoms with Crippen LogP contribution in [0, 0.1) is 0 Å². The minimum absolute atomic E-state index is 0.549. The highest BCUT2D eigenvalue weighted by atomic mass is 15.5. The summed E-state index contributed by atoms with van der Waals surface area (Å²) in [5.74, 6) is 0. The van der Waals surface area contributed by atoms with Crippen LogP contribution < -0.4 is 5.32 Å². The van der Waals surface area contributed by atoms with Crippen LogP contribution in [0.3, 0.4) is 0 Å². The summed E-state index contributed by atoms with van der Waals surface area (Å²) >= 11 is 0. The Kier molecular flexibility index (Phi) is 1.62. The highest BCUT2D eigenvalue weighted by molar-refractivity contribution is 4.97. The van der Waals surface area contributed by atoms with Gasteiger partial charge in [-0.25, -0.2) is 4.68 Å². The van der Waals surface area contributed by atoms with Gasteiger partial charge in [-0.3, -0.25) is 0 Å². The lowest BCUT2D eigenvalue weighted by atomic mass is 10.2. The number of aromatic nitrogens is 3. The van der Waals surface area contributed by atoms with Crippen molar-refractivity contribution < 1.29 is 0 Å². The van der Waals surface area contributed by atoms with E-state index in [0.717, 1.165) is 19.5 Å². The zero-order valence-electron chi connectivity index (χ0n) is 6.62. The summed E-state index contributed by atoms with van der Waals surface area (Å²) in [6.07, 6.45) is 2.86. The van der Waals surface area contributed by atoms with Crippen molar-refractivity contribution in [2.45, 2.75) is 19.4 Å². The molecule has 0 amide bonds. The number of hydrogen-bond donors (Lipinski definition) is 1. The normalized spacial score (nSPS) is 18.3. The highest BCUT2D eigenvalue weighted by Crippen LogP contribution is 2.12. The summed E-state index contributed by atoms with van der Waals surface area (Å²) in [7, 11) is 0. The third-order valence-electron chi connectivity index (χ3n) is 2.12. The van der Waals surface area contributed by atoms with E-state index in [-0.39, 0.29) is 0 Å². The predicted octanol–water partition coefficient (Wildman–Crippen LogP) is -0.0152. The number of hydrogen-bond acceptors (Lipinski definition) is 3. The second-order valence-electron chi connectivity index (χ2n) is 2.84. The number of nitrogens with zero attached hydrogens (tertiary/aromatic N) is 3. The molecule has 1 aromatic heterocycles. The fourth-order valence-electron chi connectivity index (χ4n) is 1.27. The summed E-state index contributed by atoms with van der Waals surface area (Å²) in [4.78, 5) is 0. The summed E-state index contributed by atoms with van der Waals surface area (Å²) < 4.78 is 2.02. The van der Waals surface area contributed by atoms with E-state index in [2.05, 4.69) is 22.6 Å². The molecule has 4 heteroatoms. The van der Waals surface area contributed by atoms with Crippen molar-refractivity contribution >= 4 is 0 Å². The SMILES string of the molecule is CCc1cnnn1C1CNC1. The molecule has 2 rings (SSSR count). The molecule has 1 saturated heterocycles. The lowest BCUT2D eigenvalue weighted by Crippen LogP contribution is -2.44. The Bertz CT molecular complexity index is 238. The molecule has 1 aliphatic rings. The lowest BCUT2D eigenvalue weighted by Gasteiger charge is -2.27. The molecule has 2 heterocycles. The van der Waals surface area contributed by atoms with Crippen molar-refractivity contribution in [1.29, 1.82) is 0 Å². The summed E-state index contributed by atoms with van der Waals surface area (Å²) in [6, 6.07) is 0.549. The van der Waals surface area contributed by atoms with E-state index >= 15 is 0 Å². The van der Waals surface area contributed by atoms with E-state index in [1.165, 1.54) is 5.69 Å². The third-order valence-corrected chi connectivity index (χ3v) is 2.12. The molecular formula is C7H12N4. The molecule has 0 unspecified atom stereocenters. The first kappa shape index (κ1) is 6.79. The first-order valence-electron chi connectivity index (χ1n) is 4.01. The van der Waals surface area contributed by atoms with Crippen molar-refractivity contribution in [3.8, 4) is 0 Å². The molecule has 1 aliphatic heterocycles. The van der Waals surface area contributed by atoms with Gasteiger partial charge in [0.15, 0.2) is 0 Å². The van der Waals surface area contributed by atoms with Gasteiger partial charge in [-0.1, -0.05) is 12.1 Å². The zero-order valence-corrected chi connectivity index (χ0v) is 6.62. The van der Waals surface area contributed by atoms with Crippen molar-refractivity contribution in [2.24, 2.45) is 0 Å². The van der Waals surface area contributed by atoms with E-state index in [1.54, 1.807) is 0 Å². The molecule has 0 aromatic carbocycles. The van der Waals surface area contributed by atoms with Gasteiger partial charge in [-0.05, 0) is 6.42 Å². The minimum Gasteiger partial charge on any atom is -0.312 e. The standard InChI is InChI=1S/C7H12N4/c1-2-6-5-9-10-11(6)7-3-8-4-7/h5,7-8H,2-4H2,1H3. The number of rotatable bonds is 2. The molecule has 0 spiro atoms. The number of nitrogens with one attached hydrogen (secondary N) is 1. The van der Waals surface area contributed by atoms with Crippen molar-refractivity contribution in [1.82, 2.24) is 20.3 Å². The van der Waals surface area contributed by atoms with Crippen molar-refractivity contribution in [3.05, 3.63) is 11.9 Å². The van der Waals surface area contributed by atoms with Crippen molar-refractivity contribution in [3.63, 3.8) is 0 Å². The first-order chi connectivity index (χ1) is 5.42. The topological polar surface area (TPSA) is 42.7 Å². The highest BCUT2D eigenvalue weighted by Gasteiger charge is 2.21. The molecule has 4 nitrogen and oxygen atoms in total. The quantitative estimate of drug-likeness (QED) is 0.648. The van der Waals surface area contributed by atoms with Gasteiger partial charge in [0, 0.05) is 13.1 Å². The van der Waals surface area contributed by atoms with Gasteiger partial charge >= 0.3 is 0 Å². The molecule has 0 saturated carbocycles. The molecule has 0 aliphatic carbocycles. The van der Waals surface area contributed by atoms with Gasteiger partial charge in [0.2, 0.25) is 0 Å². The average molecular weight is 152 g/mol. The van der Waals surface area contributed by atoms with Crippen LogP contribution in [0.5, 0.6) is 0 Å². The molecular weight excluding hydrogens is 140 g/mol. The van der Waals surface area contributed by atoms with Crippen LogP contribution >= 0.6 is 0 Å². The van der Waals surface area contributed by atoms with Gasteiger partial charge in [0.05, 0.1) is 17.9 Å². The Labute approximate surface area is 65.6 Å². The van der Waals surface area contributed by atoms with E-state index in [0.29, 0.717) is 6.04 Å². The van der Waals surface area contributed by atoms with Gasteiger partial charge in [-0.2, -0.15) is 0 Å². The molecule has 0 bridgehead atoms. The lowest BCUT2D eigenvalue weighted by molar-refractivity contribution is 0.306. The molecule has 1 N–H and O–H groups in total. The van der Waals surface area contributed by atoms with E-state index in [1.807, 2.05) is 10.9 Å². The van der Waals surface area contributed by atoms with Crippen LogP contribution in [0.1, 0.15) is 18.7 Å². The van der Waals surface area contributed by atoms with Crippen LogP contribution in [0.4, 0.5) is 0 Å². The minimum atomic E-state index is 0.549. The first-order valence-corrected chi connectivity index (χ1v) is 4.01. The van der Waals surface area contributed by atoms with Crippen LogP contribution in [-0.2, 0) is 6.42 Å². The smallest absolute Gasteiger partial charge is 0.0788 e. The second kappa shape index (κ2) is 2.62. The molecule has 0 radical (unpaired) electrons. The maximum atomic E-state index is 4.04. The number of aryl methyl sites for hydroxylation is 1. The molecule has 11 heavy (non-hydrogen) atoms. The van der Waals surface area contributed by atoms with Crippen LogP contribution in [0.25, 0.3) is 0 Å². The molecule has 1 fully saturated rings. The van der Waals surface area contributed by atoms with Gasteiger partial charge in [0.25, 0.3) is 0 Å². The third kappa shape index (κ3) is 1.03. The van der Waals surface area contributed by atoms with Crippen LogP contribution in [0.15, 0.2) is 6.20 Å². The Morgan fingerprint density at radius 2 is 2.55 bits per heavy atom. The van der Waals surface area contributed by atoms with Gasteiger partial charge in [0.1, 0.15) is 0 Å². The monoisotopic (exact) mass is 152 g/mol. The summed E-state index contributed by atoms with van der Waals surface area (Å²) in [5.41, 5.74) is 1.23. The fraction of sp³-hybridized carbons (Fsp3) is 0.714. The Balaban J connectivity index is 2.20. The zero-order chi connectivity index (χ0) is 7.68. The van der Waals surface area contributed by atoms with Gasteiger partial charge in [-0.15, -0.1) is 5.10 Å². The maximum Gasteiger partial charge on any atom is 0.0788 e. The van der Waals surface area contributed by atoms with Crippen molar-refractivity contribution in [2.75, 3.05) is 13.1 Å². The second-order valence-corrected chi connectivity index (χ2v) is 2.84.